The number of hydrogen-bond acceptors (Lipinski definition) is 4. The van der Waals surface area contributed by atoms with Gasteiger partial charge < -0.3 is 10.1 Å². The Labute approximate surface area is 85.6 Å². The maximum atomic E-state index is 11.2. The molecule has 82 valence electrons. The molecule has 1 saturated heterocycles. The summed E-state index contributed by atoms with van der Waals surface area (Å²) in [5.41, 5.74) is 0. The minimum atomic E-state index is -0.115. The normalized spacial score (nSPS) is 25.8. The van der Waals surface area contributed by atoms with Gasteiger partial charge in [0.15, 0.2) is 0 Å². The van der Waals surface area contributed by atoms with E-state index in [-0.39, 0.29) is 11.9 Å². The van der Waals surface area contributed by atoms with Crippen molar-refractivity contribution in [2.24, 2.45) is 5.92 Å². The first-order chi connectivity index (χ1) is 6.63. The van der Waals surface area contributed by atoms with Gasteiger partial charge in [-0.05, 0) is 6.92 Å². The molecule has 2 atom stereocenters. The highest BCUT2D eigenvalue weighted by molar-refractivity contribution is 5.72. The molecule has 0 amide bonds. The Kier molecular flexibility index (Phi) is 4.35. The lowest BCUT2D eigenvalue weighted by molar-refractivity contribution is -0.145. The Morgan fingerprint density at radius 3 is 3.00 bits per heavy atom. The molecule has 0 saturated carbocycles. The molecule has 0 spiro atoms. The van der Waals surface area contributed by atoms with E-state index in [1.165, 1.54) is 7.11 Å². The van der Waals surface area contributed by atoms with Crippen molar-refractivity contribution >= 4 is 5.97 Å². The van der Waals surface area contributed by atoms with Gasteiger partial charge in [0.25, 0.3) is 0 Å². The van der Waals surface area contributed by atoms with Crippen molar-refractivity contribution in [3.63, 3.8) is 0 Å². The van der Waals surface area contributed by atoms with Crippen LogP contribution in [0.1, 0.15) is 13.8 Å². The van der Waals surface area contributed by atoms with Gasteiger partial charge in [-0.1, -0.05) is 6.92 Å². The number of methoxy groups -OCH3 is 1. The number of hydrogen-bond donors (Lipinski definition) is 1. The molecule has 4 nitrogen and oxygen atoms in total. The van der Waals surface area contributed by atoms with E-state index in [0.29, 0.717) is 6.04 Å². The van der Waals surface area contributed by atoms with E-state index in [2.05, 4.69) is 17.1 Å². The molecule has 0 aromatic carbocycles. The molecule has 1 aliphatic rings. The molecule has 0 aromatic rings. The van der Waals surface area contributed by atoms with E-state index in [0.717, 1.165) is 26.2 Å². The third-order valence-corrected chi connectivity index (χ3v) is 2.59. The second-order valence-electron chi connectivity index (χ2n) is 4.04. The molecule has 4 heteroatoms. The average Bonchev–Trinajstić information content (AvgIpc) is 2.16. The van der Waals surface area contributed by atoms with Crippen LogP contribution in [0, 0.1) is 5.92 Å². The number of nitrogens with one attached hydrogen (secondary N) is 1. The SMILES string of the molecule is COC(=O)C(C)CN1CCN[C@@H](C)C1. The Bertz CT molecular complexity index is 197. The highest BCUT2D eigenvalue weighted by Gasteiger charge is 2.21. The van der Waals surface area contributed by atoms with E-state index in [1.807, 2.05) is 6.92 Å². The summed E-state index contributed by atoms with van der Waals surface area (Å²) in [6, 6.07) is 0.522. The van der Waals surface area contributed by atoms with Gasteiger partial charge in [-0.2, -0.15) is 0 Å². The van der Waals surface area contributed by atoms with E-state index in [1.54, 1.807) is 0 Å². The van der Waals surface area contributed by atoms with E-state index >= 15 is 0 Å². The first-order valence-corrected chi connectivity index (χ1v) is 5.17. The largest absolute Gasteiger partial charge is 0.469 e. The van der Waals surface area contributed by atoms with Crippen LogP contribution in [-0.4, -0.2) is 50.2 Å². The monoisotopic (exact) mass is 200 g/mol. The third kappa shape index (κ3) is 3.27. The van der Waals surface area contributed by atoms with Gasteiger partial charge in [-0.15, -0.1) is 0 Å². The number of carbonyl (C=O) groups excluding carboxylic acids is 1. The minimum absolute atomic E-state index is 0.0229. The lowest BCUT2D eigenvalue weighted by atomic mass is 10.1. The van der Waals surface area contributed by atoms with Crippen LogP contribution in [-0.2, 0) is 9.53 Å². The lowest BCUT2D eigenvalue weighted by Crippen LogP contribution is -2.50. The Hall–Kier alpha value is -0.610. The summed E-state index contributed by atoms with van der Waals surface area (Å²) in [7, 11) is 1.44. The molecule has 0 aliphatic carbocycles. The third-order valence-electron chi connectivity index (χ3n) is 2.59. The zero-order valence-corrected chi connectivity index (χ0v) is 9.25. The number of nitrogens with zero attached hydrogens (tertiary/aromatic N) is 1. The number of carbonyl (C=O) groups is 1. The molecule has 1 aliphatic heterocycles. The summed E-state index contributed by atoms with van der Waals surface area (Å²) < 4.78 is 4.70. The molecule has 1 fully saturated rings. The van der Waals surface area contributed by atoms with Crippen molar-refractivity contribution in [1.29, 1.82) is 0 Å². The predicted molar refractivity (Wildman–Crippen MR) is 55.1 cm³/mol. The molecule has 1 heterocycles. The maximum absolute atomic E-state index is 11.2. The second kappa shape index (κ2) is 5.32. The molecule has 0 radical (unpaired) electrons. The molecule has 1 unspecified atom stereocenters. The van der Waals surface area contributed by atoms with Crippen molar-refractivity contribution in [3.05, 3.63) is 0 Å². The smallest absolute Gasteiger partial charge is 0.309 e. The molecular formula is C10H20N2O2. The highest BCUT2D eigenvalue weighted by atomic mass is 16.5. The Balaban J connectivity index is 2.32. The number of esters is 1. The lowest BCUT2D eigenvalue weighted by Gasteiger charge is -2.32. The summed E-state index contributed by atoms with van der Waals surface area (Å²) >= 11 is 0. The second-order valence-corrected chi connectivity index (χ2v) is 4.04. The van der Waals surface area contributed by atoms with Crippen LogP contribution in [0.5, 0.6) is 0 Å². The first-order valence-electron chi connectivity index (χ1n) is 5.17. The Morgan fingerprint density at radius 1 is 1.71 bits per heavy atom. The van der Waals surface area contributed by atoms with E-state index < -0.39 is 0 Å². The number of rotatable bonds is 3. The number of piperazine rings is 1. The summed E-state index contributed by atoms with van der Waals surface area (Å²) in [5, 5.41) is 3.37. The van der Waals surface area contributed by atoms with Gasteiger partial charge in [-0.3, -0.25) is 9.69 Å². The fourth-order valence-corrected chi connectivity index (χ4v) is 1.84. The van der Waals surface area contributed by atoms with Crippen molar-refractivity contribution in [1.82, 2.24) is 10.2 Å². The van der Waals surface area contributed by atoms with E-state index in [4.69, 9.17) is 4.74 Å². The van der Waals surface area contributed by atoms with Gasteiger partial charge in [0, 0.05) is 32.2 Å². The molecule has 14 heavy (non-hydrogen) atoms. The fraction of sp³-hybridized carbons (Fsp3) is 0.900. The Morgan fingerprint density at radius 2 is 2.43 bits per heavy atom. The molecular weight excluding hydrogens is 180 g/mol. The van der Waals surface area contributed by atoms with Crippen LogP contribution in [0.25, 0.3) is 0 Å². The molecule has 0 aromatic heterocycles. The quantitative estimate of drug-likeness (QED) is 0.656. The summed E-state index contributed by atoms with van der Waals surface area (Å²) in [4.78, 5) is 13.5. The van der Waals surface area contributed by atoms with Gasteiger partial charge in [0.2, 0.25) is 0 Å². The molecule has 1 N–H and O–H groups in total. The van der Waals surface area contributed by atoms with Gasteiger partial charge in [0.1, 0.15) is 0 Å². The molecule has 1 rings (SSSR count). The predicted octanol–water partition coefficient (Wildman–Crippen LogP) is 0.0892. The average molecular weight is 200 g/mol. The summed E-state index contributed by atoms with van der Waals surface area (Å²) in [6.45, 7) is 7.92. The first kappa shape index (κ1) is 11.5. The summed E-state index contributed by atoms with van der Waals surface area (Å²) in [6.07, 6.45) is 0. The van der Waals surface area contributed by atoms with Crippen LogP contribution in [0.3, 0.4) is 0 Å². The van der Waals surface area contributed by atoms with E-state index in [9.17, 15) is 4.79 Å². The fourth-order valence-electron chi connectivity index (χ4n) is 1.84. The van der Waals surface area contributed by atoms with Crippen molar-refractivity contribution < 1.29 is 9.53 Å². The zero-order valence-electron chi connectivity index (χ0n) is 9.25. The van der Waals surface area contributed by atoms with Crippen LogP contribution in [0.4, 0.5) is 0 Å². The molecule has 0 bridgehead atoms. The van der Waals surface area contributed by atoms with Crippen LogP contribution in [0.2, 0.25) is 0 Å². The topological polar surface area (TPSA) is 41.6 Å². The van der Waals surface area contributed by atoms with Gasteiger partial charge >= 0.3 is 5.97 Å². The minimum Gasteiger partial charge on any atom is -0.469 e. The van der Waals surface area contributed by atoms with Crippen LogP contribution in [0.15, 0.2) is 0 Å². The van der Waals surface area contributed by atoms with Crippen molar-refractivity contribution in [2.75, 3.05) is 33.3 Å². The van der Waals surface area contributed by atoms with Crippen LogP contribution >= 0.6 is 0 Å². The van der Waals surface area contributed by atoms with Crippen molar-refractivity contribution in [2.45, 2.75) is 19.9 Å². The van der Waals surface area contributed by atoms with Crippen LogP contribution < -0.4 is 5.32 Å². The highest BCUT2D eigenvalue weighted by Crippen LogP contribution is 2.05. The number of ether oxygens (including phenoxy) is 1. The standard InChI is InChI=1S/C10H20N2O2/c1-8(10(13)14-3)6-12-5-4-11-9(2)7-12/h8-9,11H,4-7H2,1-3H3/t8?,9-/m0/s1. The van der Waals surface area contributed by atoms with Gasteiger partial charge in [0.05, 0.1) is 13.0 Å². The van der Waals surface area contributed by atoms with Crippen molar-refractivity contribution in [3.8, 4) is 0 Å². The summed E-state index contributed by atoms with van der Waals surface area (Å²) in [5.74, 6) is -0.138. The zero-order chi connectivity index (χ0) is 10.6. The maximum Gasteiger partial charge on any atom is 0.309 e. The van der Waals surface area contributed by atoms with Gasteiger partial charge in [-0.25, -0.2) is 0 Å².